The van der Waals surface area contributed by atoms with Crippen LogP contribution in [0.3, 0.4) is 0 Å². The zero-order valence-electron chi connectivity index (χ0n) is 12.2. The van der Waals surface area contributed by atoms with Crippen LogP contribution in [0.1, 0.15) is 24.6 Å². The van der Waals surface area contributed by atoms with E-state index in [1.807, 2.05) is 20.2 Å². The molecule has 1 N–H and O–H groups in total. The van der Waals surface area contributed by atoms with E-state index >= 15 is 0 Å². The van der Waals surface area contributed by atoms with Crippen LogP contribution in [0.25, 0.3) is 0 Å². The molecule has 0 bridgehead atoms. The van der Waals surface area contributed by atoms with Gasteiger partial charge in [-0.1, -0.05) is 6.92 Å². The number of aryl methyl sites for hydroxylation is 2. The molecular formula is C13H20F2N4O2. The van der Waals surface area contributed by atoms with Crippen molar-refractivity contribution in [3.63, 3.8) is 0 Å². The number of urea groups is 1. The SMILES string of the molecule is CCc1nn(C)cc1CNC(=O)N1CC[C@H](OC(F)F)C1. The fraction of sp³-hybridized carbons (Fsp3) is 0.692. The lowest BCUT2D eigenvalue weighted by Crippen LogP contribution is -2.39. The fourth-order valence-corrected chi connectivity index (χ4v) is 2.48. The molecule has 118 valence electrons. The summed E-state index contributed by atoms with van der Waals surface area (Å²) in [7, 11) is 1.83. The molecule has 2 rings (SSSR count). The second-order valence-corrected chi connectivity index (χ2v) is 5.04. The Morgan fingerprint density at radius 3 is 3.05 bits per heavy atom. The van der Waals surface area contributed by atoms with Gasteiger partial charge < -0.3 is 15.0 Å². The van der Waals surface area contributed by atoms with Crippen molar-refractivity contribution < 1.29 is 18.3 Å². The number of rotatable bonds is 5. The summed E-state index contributed by atoms with van der Waals surface area (Å²) in [5.41, 5.74) is 1.91. The van der Waals surface area contributed by atoms with Crippen molar-refractivity contribution in [2.45, 2.75) is 39.0 Å². The first-order valence-electron chi connectivity index (χ1n) is 6.97. The minimum atomic E-state index is -2.79. The quantitative estimate of drug-likeness (QED) is 0.897. The molecule has 1 aromatic heterocycles. The van der Waals surface area contributed by atoms with Crippen LogP contribution < -0.4 is 5.32 Å². The summed E-state index contributed by atoms with van der Waals surface area (Å²) < 4.78 is 30.4. The van der Waals surface area contributed by atoms with Crippen LogP contribution in [0.2, 0.25) is 0 Å². The molecule has 1 aromatic rings. The van der Waals surface area contributed by atoms with E-state index in [1.54, 1.807) is 4.68 Å². The van der Waals surface area contributed by atoms with Gasteiger partial charge in [-0.3, -0.25) is 4.68 Å². The van der Waals surface area contributed by atoms with Crippen molar-refractivity contribution in [2.24, 2.45) is 7.05 Å². The normalized spacial score (nSPS) is 18.5. The summed E-state index contributed by atoms with van der Waals surface area (Å²) in [6, 6.07) is -0.263. The van der Waals surface area contributed by atoms with Gasteiger partial charge in [-0.05, 0) is 12.8 Å². The van der Waals surface area contributed by atoms with Crippen molar-refractivity contribution >= 4 is 6.03 Å². The standard InChI is InChI=1S/C13H20F2N4O2/c1-3-11-9(7-18(2)17-11)6-16-13(20)19-5-4-10(8-19)21-12(14)15/h7,10,12H,3-6,8H2,1-2H3,(H,16,20)/t10-/m0/s1. The molecule has 0 aliphatic carbocycles. The maximum Gasteiger partial charge on any atom is 0.345 e. The predicted molar refractivity (Wildman–Crippen MR) is 71.9 cm³/mol. The third-order valence-corrected chi connectivity index (χ3v) is 3.48. The minimum absolute atomic E-state index is 0.198. The van der Waals surface area contributed by atoms with Crippen molar-refractivity contribution in [3.05, 3.63) is 17.5 Å². The van der Waals surface area contributed by atoms with Gasteiger partial charge in [0.05, 0.1) is 11.8 Å². The summed E-state index contributed by atoms with van der Waals surface area (Å²) >= 11 is 0. The van der Waals surface area contributed by atoms with Crippen LogP contribution in [-0.4, -0.2) is 46.5 Å². The van der Waals surface area contributed by atoms with E-state index in [1.165, 1.54) is 4.90 Å². The number of hydrogen-bond acceptors (Lipinski definition) is 3. The van der Waals surface area contributed by atoms with Crippen LogP contribution in [0.4, 0.5) is 13.6 Å². The van der Waals surface area contributed by atoms with E-state index in [2.05, 4.69) is 15.2 Å². The Labute approximate surface area is 122 Å². The predicted octanol–water partition coefficient (Wildman–Crippen LogP) is 1.51. The molecule has 1 aliphatic heterocycles. The first kappa shape index (κ1) is 15.7. The van der Waals surface area contributed by atoms with E-state index in [4.69, 9.17) is 0 Å². The smallest absolute Gasteiger partial charge is 0.334 e. The Bertz CT molecular complexity index is 493. The van der Waals surface area contributed by atoms with Crippen LogP contribution >= 0.6 is 0 Å². The number of likely N-dealkylation sites (tertiary alicyclic amines) is 1. The molecular weight excluding hydrogens is 282 g/mol. The second-order valence-electron chi connectivity index (χ2n) is 5.04. The lowest BCUT2D eigenvalue weighted by Gasteiger charge is -2.17. The summed E-state index contributed by atoms with van der Waals surface area (Å²) in [5, 5.41) is 7.09. The number of aromatic nitrogens is 2. The molecule has 0 unspecified atom stereocenters. The van der Waals surface area contributed by atoms with E-state index in [0.717, 1.165) is 17.7 Å². The molecule has 8 heteroatoms. The maximum absolute atomic E-state index is 12.1. The highest BCUT2D eigenvalue weighted by atomic mass is 19.3. The van der Waals surface area contributed by atoms with Gasteiger partial charge in [0.15, 0.2) is 0 Å². The lowest BCUT2D eigenvalue weighted by molar-refractivity contribution is -0.158. The molecule has 2 amide bonds. The largest absolute Gasteiger partial charge is 0.345 e. The van der Waals surface area contributed by atoms with Crippen LogP contribution in [0.15, 0.2) is 6.20 Å². The van der Waals surface area contributed by atoms with Crippen LogP contribution in [-0.2, 0) is 24.8 Å². The fourth-order valence-electron chi connectivity index (χ4n) is 2.48. The van der Waals surface area contributed by atoms with Crippen molar-refractivity contribution in [2.75, 3.05) is 13.1 Å². The monoisotopic (exact) mass is 302 g/mol. The number of amides is 2. The van der Waals surface area contributed by atoms with Crippen molar-refractivity contribution in [3.8, 4) is 0 Å². The molecule has 2 heterocycles. The van der Waals surface area contributed by atoms with Crippen LogP contribution in [0.5, 0.6) is 0 Å². The van der Waals surface area contributed by atoms with Gasteiger partial charge in [-0.25, -0.2) is 4.79 Å². The topological polar surface area (TPSA) is 59.4 Å². The summed E-state index contributed by atoms with van der Waals surface area (Å²) in [6.07, 6.45) is 2.51. The zero-order valence-corrected chi connectivity index (χ0v) is 12.2. The van der Waals surface area contributed by atoms with E-state index < -0.39 is 12.7 Å². The number of ether oxygens (including phenoxy) is 1. The number of alkyl halides is 2. The molecule has 6 nitrogen and oxygen atoms in total. The third kappa shape index (κ3) is 4.13. The average Bonchev–Trinajstić information content (AvgIpc) is 3.01. The van der Waals surface area contributed by atoms with E-state index in [0.29, 0.717) is 19.5 Å². The molecule has 1 aliphatic rings. The molecule has 1 saturated heterocycles. The van der Waals surface area contributed by atoms with Gasteiger partial charge >= 0.3 is 12.6 Å². The number of nitrogens with one attached hydrogen (secondary N) is 1. The minimum Gasteiger partial charge on any atom is -0.334 e. The number of nitrogens with zero attached hydrogens (tertiary/aromatic N) is 3. The Morgan fingerprint density at radius 1 is 1.62 bits per heavy atom. The molecule has 0 saturated carbocycles. The first-order chi connectivity index (χ1) is 9.99. The Hall–Kier alpha value is -1.70. The van der Waals surface area contributed by atoms with Crippen molar-refractivity contribution in [1.29, 1.82) is 0 Å². The number of hydrogen-bond donors (Lipinski definition) is 1. The summed E-state index contributed by atoms with van der Waals surface area (Å²) in [6.45, 7) is 0.217. The van der Waals surface area contributed by atoms with E-state index in [-0.39, 0.29) is 12.6 Å². The van der Waals surface area contributed by atoms with Gasteiger partial charge in [0.2, 0.25) is 0 Å². The highest BCUT2D eigenvalue weighted by molar-refractivity contribution is 5.74. The Balaban J connectivity index is 1.82. The first-order valence-corrected chi connectivity index (χ1v) is 6.97. The number of carbonyl (C=O) groups is 1. The summed E-state index contributed by atoms with van der Waals surface area (Å²) in [4.78, 5) is 13.5. The molecule has 0 radical (unpaired) electrons. The molecule has 1 fully saturated rings. The van der Waals surface area contributed by atoms with Gasteiger partial charge in [-0.15, -0.1) is 0 Å². The Kier molecular flexibility index (Phi) is 5.11. The molecule has 21 heavy (non-hydrogen) atoms. The van der Waals surface area contributed by atoms with Gasteiger partial charge in [0.1, 0.15) is 0 Å². The van der Waals surface area contributed by atoms with Gasteiger partial charge in [0.25, 0.3) is 0 Å². The maximum atomic E-state index is 12.1. The zero-order chi connectivity index (χ0) is 15.4. The third-order valence-electron chi connectivity index (χ3n) is 3.48. The van der Waals surface area contributed by atoms with E-state index in [9.17, 15) is 13.6 Å². The van der Waals surface area contributed by atoms with Gasteiger partial charge in [-0.2, -0.15) is 13.9 Å². The second kappa shape index (κ2) is 6.84. The Morgan fingerprint density at radius 2 is 2.38 bits per heavy atom. The molecule has 0 aromatic carbocycles. The van der Waals surface area contributed by atoms with Crippen molar-refractivity contribution in [1.82, 2.24) is 20.0 Å². The lowest BCUT2D eigenvalue weighted by atomic mass is 10.2. The molecule has 0 spiro atoms. The van der Waals surface area contributed by atoms with Gasteiger partial charge in [0, 0.05) is 38.4 Å². The number of carbonyl (C=O) groups excluding carboxylic acids is 1. The molecule has 1 atom stereocenters. The highest BCUT2D eigenvalue weighted by Gasteiger charge is 2.28. The number of halogens is 2. The average molecular weight is 302 g/mol. The summed E-state index contributed by atoms with van der Waals surface area (Å²) in [5.74, 6) is 0. The van der Waals surface area contributed by atoms with Crippen LogP contribution in [0, 0.1) is 0 Å². The highest BCUT2D eigenvalue weighted by Crippen LogP contribution is 2.15.